The Balaban J connectivity index is 1.76. The van der Waals surface area contributed by atoms with E-state index in [1.54, 1.807) is 0 Å². The molecular weight excluding hydrogens is 222 g/mol. The lowest BCUT2D eigenvalue weighted by molar-refractivity contribution is 0.204. The Morgan fingerprint density at radius 3 is 2.72 bits per heavy atom. The quantitative estimate of drug-likeness (QED) is 0.801. The summed E-state index contributed by atoms with van der Waals surface area (Å²) in [6.07, 6.45) is 13.9. The third-order valence-corrected chi connectivity index (χ3v) is 4.76. The first kappa shape index (κ1) is 13.9. The minimum atomic E-state index is 0.262. The summed E-state index contributed by atoms with van der Waals surface area (Å²) in [5.74, 6) is 1.68. The van der Waals surface area contributed by atoms with Crippen LogP contribution in [0.1, 0.15) is 64.7 Å². The lowest BCUT2D eigenvalue weighted by Gasteiger charge is -2.34. The van der Waals surface area contributed by atoms with Gasteiger partial charge in [0.25, 0.3) is 0 Å². The predicted octanol–water partition coefficient (Wildman–Crippen LogP) is 4.00. The van der Waals surface area contributed by atoms with Crippen LogP contribution in [0.5, 0.6) is 0 Å². The van der Waals surface area contributed by atoms with E-state index in [-0.39, 0.29) is 6.04 Å². The number of rotatable bonds is 5. The molecule has 1 fully saturated rings. The van der Waals surface area contributed by atoms with Crippen molar-refractivity contribution in [3.05, 3.63) is 11.8 Å². The SMILES string of the molecule is CCCCC1CCC(C(N)C2=COCCC2)CC1. The number of ether oxygens (including phenoxy) is 1. The average Bonchev–Trinajstić information content (AvgIpc) is 2.46. The fourth-order valence-electron chi connectivity index (χ4n) is 3.46. The Bertz CT molecular complexity index is 266. The Hall–Kier alpha value is -0.500. The molecule has 2 N–H and O–H groups in total. The zero-order chi connectivity index (χ0) is 12.8. The third kappa shape index (κ3) is 3.74. The van der Waals surface area contributed by atoms with Gasteiger partial charge in [0.05, 0.1) is 12.9 Å². The van der Waals surface area contributed by atoms with Crippen LogP contribution in [0.15, 0.2) is 11.8 Å². The first-order valence-electron chi connectivity index (χ1n) is 7.87. The van der Waals surface area contributed by atoms with Gasteiger partial charge in [-0.2, -0.15) is 0 Å². The van der Waals surface area contributed by atoms with Gasteiger partial charge in [0.15, 0.2) is 0 Å². The Morgan fingerprint density at radius 1 is 1.33 bits per heavy atom. The van der Waals surface area contributed by atoms with Crippen molar-refractivity contribution in [2.24, 2.45) is 17.6 Å². The fraction of sp³-hybridized carbons (Fsp3) is 0.875. The predicted molar refractivity (Wildman–Crippen MR) is 76.2 cm³/mol. The van der Waals surface area contributed by atoms with Crippen LogP contribution in [0.3, 0.4) is 0 Å². The normalized spacial score (nSPS) is 30.4. The van der Waals surface area contributed by atoms with Gasteiger partial charge in [0, 0.05) is 6.04 Å². The summed E-state index contributed by atoms with van der Waals surface area (Å²) in [4.78, 5) is 0. The van der Waals surface area contributed by atoms with Crippen LogP contribution in [0, 0.1) is 11.8 Å². The van der Waals surface area contributed by atoms with Gasteiger partial charge in [-0.3, -0.25) is 0 Å². The number of nitrogens with two attached hydrogens (primary N) is 1. The lowest BCUT2D eigenvalue weighted by Crippen LogP contribution is -2.35. The molecule has 0 aromatic carbocycles. The Kier molecular flexibility index (Phi) is 5.55. The monoisotopic (exact) mass is 251 g/mol. The maximum atomic E-state index is 6.42. The van der Waals surface area contributed by atoms with Crippen LogP contribution in [0.2, 0.25) is 0 Å². The Morgan fingerprint density at radius 2 is 2.11 bits per heavy atom. The summed E-state index contributed by atoms with van der Waals surface area (Å²) in [6, 6.07) is 0.262. The second kappa shape index (κ2) is 7.18. The molecule has 2 aliphatic rings. The molecule has 2 nitrogen and oxygen atoms in total. The standard InChI is InChI=1S/C16H29NO/c1-2-3-5-13-7-9-14(10-8-13)16(17)15-6-4-11-18-12-15/h12-14,16H,2-11,17H2,1H3. The molecule has 0 aromatic rings. The van der Waals surface area contributed by atoms with Crippen molar-refractivity contribution < 1.29 is 4.74 Å². The molecule has 1 aliphatic carbocycles. The first-order valence-corrected chi connectivity index (χ1v) is 7.87. The summed E-state index contributed by atoms with van der Waals surface area (Å²) in [5.41, 5.74) is 7.78. The van der Waals surface area contributed by atoms with Gasteiger partial charge >= 0.3 is 0 Å². The fourth-order valence-corrected chi connectivity index (χ4v) is 3.46. The highest BCUT2D eigenvalue weighted by Crippen LogP contribution is 2.35. The van der Waals surface area contributed by atoms with Crippen molar-refractivity contribution in [2.45, 2.75) is 70.8 Å². The van der Waals surface area contributed by atoms with Crippen LogP contribution >= 0.6 is 0 Å². The van der Waals surface area contributed by atoms with E-state index in [4.69, 9.17) is 10.5 Å². The van der Waals surface area contributed by atoms with E-state index in [9.17, 15) is 0 Å². The highest BCUT2D eigenvalue weighted by atomic mass is 16.5. The van der Waals surface area contributed by atoms with E-state index < -0.39 is 0 Å². The van der Waals surface area contributed by atoms with Crippen LogP contribution in [0.4, 0.5) is 0 Å². The van der Waals surface area contributed by atoms with E-state index >= 15 is 0 Å². The maximum absolute atomic E-state index is 6.42. The molecule has 1 saturated carbocycles. The summed E-state index contributed by atoms with van der Waals surface area (Å²) in [7, 11) is 0. The second-order valence-corrected chi connectivity index (χ2v) is 6.12. The lowest BCUT2D eigenvalue weighted by atomic mass is 9.75. The summed E-state index contributed by atoms with van der Waals surface area (Å²) in [6.45, 7) is 3.16. The minimum absolute atomic E-state index is 0.262. The van der Waals surface area contributed by atoms with Gasteiger partial charge in [-0.15, -0.1) is 0 Å². The third-order valence-electron chi connectivity index (χ3n) is 4.76. The largest absolute Gasteiger partial charge is 0.501 e. The molecule has 0 amide bonds. The molecule has 104 valence electrons. The molecule has 1 aliphatic heterocycles. The van der Waals surface area contributed by atoms with Crippen molar-refractivity contribution in [1.29, 1.82) is 0 Å². The van der Waals surface area contributed by atoms with Crippen molar-refractivity contribution in [3.8, 4) is 0 Å². The molecule has 1 atom stereocenters. The van der Waals surface area contributed by atoms with Gasteiger partial charge in [0.1, 0.15) is 0 Å². The van der Waals surface area contributed by atoms with Crippen LogP contribution in [0.25, 0.3) is 0 Å². The van der Waals surface area contributed by atoms with E-state index in [1.807, 2.05) is 6.26 Å². The topological polar surface area (TPSA) is 35.2 Å². The maximum Gasteiger partial charge on any atom is 0.0876 e. The van der Waals surface area contributed by atoms with E-state index in [2.05, 4.69) is 6.92 Å². The van der Waals surface area contributed by atoms with Crippen LogP contribution in [-0.4, -0.2) is 12.6 Å². The summed E-state index contributed by atoms with van der Waals surface area (Å²) in [5, 5.41) is 0. The summed E-state index contributed by atoms with van der Waals surface area (Å²) < 4.78 is 5.43. The van der Waals surface area contributed by atoms with Crippen LogP contribution in [-0.2, 0) is 4.74 Å². The molecule has 2 rings (SSSR count). The first-order chi connectivity index (χ1) is 8.81. The summed E-state index contributed by atoms with van der Waals surface area (Å²) >= 11 is 0. The number of hydrogen-bond acceptors (Lipinski definition) is 2. The number of hydrogen-bond donors (Lipinski definition) is 1. The highest BCUT2D eigenvalue weighted by Gasteiger charge is 2.27. The molecule has 0 radical (unpaired) electrons. The second-order valence-electron chi connectivity index (χ2n) is 6.12. The van der Waals surface area contributed by atoms with Crippen molar-refractivity contribution in [3.63, 3.8) is 0 Å². The molecule has 1 heterocycles. The minimum Gasteiger partial charge on any atom is -0.501 e. The van der Waals surface area contributed by atoms with Crippen molar-refractivity contribution in [2.75, 3.05) is 6.61 Å². The van der Waals surface area contributed by atoms with E-state index in [0.717, 1.165) is 25.4 Å². The number of unbranched alkanes of at least 4 members (excludes halogenated alkanes) is 1. The molecule has 0 aromatic heterocycles. The average molecular weight is 251 g/mol. The molecule has 0 spiro atoms. The smallest absolute Gasteiger partial charge is 0.0876 e. The highest BCUT2D eigenvalue weighted by molar-refractivity contribution is 5.11. The molecule has 0 saturated heterocycles. The van der Waals surface area contributed by atoms with Gasteiger partial charge in [0.2, 0.25) is 0 Å². The van der Waals surface area contributed by atoms with E-state index in [0.29, 0.717) is 5.92 Å². The molecule has 2 heteroatoms. The molecule has 0 bridgehead atoms. The van der Waals surface area contributed by atoms with Crippen LogP contribution < -0.4 is 5.73 Å². The molecular formula is C16H29NO. The van der Waals surface area contributed by atoms with Crippen molar-refractivity contribution >= 4 is 0 Å². The van der Waals surface area contributed by atoms with Gasteiger partial charge in [-0.05, 0) is 43.1 Å². The van der Waals surface area contributed by atoms with Gasteiger partial charge < -0.3 is 10.5 Å². The zero-order valence-electron chi connectivity index (χ0n) is 11.9. The van der Waals surface area contributed by atoms with Gasteiger partial charge in [-0.25, -0.2) is 0 Å². The van der Waals surface area contributed by atoms with Gasteiger partial charge in [-0.1, -0.05) is 39.0 Å². The van der Waals surface area contributed by atoms with Crippen molar-refractivity contribution in [1.82, 2.24) is 0 Å². The molecule has 18 heavy (non-hydrogen) atoms. The molecule has 1 unspecified atom stereocenters. The Labute approximate surface area is 112 Å². The van der Waals surface area contributed by atoms with E-state index in [1.165, 1.54) is 50.5 Å². The zero-order valence-corrected chi connectivity index (χ0v) is 11.9.